The van der Waals surface area contributed by atoms with Gasteiger partial charge in [-0.15, -0.1) is 6.58 Å². The number of nitrogens with zero attached hydrogens (tertiary/aromatic N) is 1. The second-order valence-corrected chi connectivity index (χ2v) is 6.19. The molecule has 0 bridgehead atoms. The van der Waals surface area contributed by atoms with Gasteiger partial charge in [-0.1, -0.05) is 19.4 Å². The number of amides is 1. The summed E-state index contributed by atoms with van der Waals surface area (Å²) in [6, 6.07) is 0. The smallest absolute Gasteiger partial charge is 0.337 e. The Morgan fingerprint density at radius 2 is 2.32 bits per heavy atom. The Morgan fingerprint density at radius 3 is 2.86 bits per heavy atom. The number of carbonyl (C=O) groups is 2. The van der Waals surface area contributed by atoms with Crippen LogP contribution < -0.4 is 0 Å². The van der Waals surface area contributed by atoms with E-state index in [4.69, 9.17) is 9.47 Å². The molecule has 2 saturated heterocycles. The van der Waals surface area contributed by atoms with Crippen molar-refractivity contribution in [2.45, 2.75) is 56.9 Å². The number of hydrogen-bond donors (Lipinski definition) is 1. The van der Waals surface area contributed by atoms with Crippen molar-refractivity contribution in [2.24, 2.45) is 5.92 Å². The lowest BCUT2D eigenvalue weighted by molar-refractivity contribution is -0.166. The summed E-state index contributed by atoms with van der Waals surface area (Å²) in [5, 5.41) is 11.0. The first-order valence-electron chi connectivity index (χ1n) is 7.75. The fourth-order valence-corrected chi connectivity index (χ4v) is 3.64. The number of ether oxygens (including phenoxy) is 2. The van der Waals surface area contributed by atoms with Crippen LogP contribution in [0.25, 0.3) is 0 Å². The monoisotopic (exact) mass is 311 g/mol. The molecule has 0 spiro atoms. The largest absolute Gasteiger partial charge is 0.467 e. The van der Waals surface area contributed by atoms with Crippen LogP contribution in [0.1, 0.15) is 39.5 Å². The summed E-state index contributed by atoms with van der Waals surface area (Å²) in [6.45, 7) is 7.17. The molecule has 2 fully saturated rings. The lowest BCUT2D eigenvalue weighted by Crippen LogP contribution is -2.63. The quantitative estimate of drug-likeness (QED) is 0.590. The first-order chi connectivity index (χ1) is 10.4. The molecule has 2 rings (SSSR count). The van der Waals surface area contributed by atoms with Crippen LogP contribution in [0.4, 0.5) is 0 Å². The Bertz CT molecular complexity index is 475. The van der Waals surface area contributed by atoms with Gasteiger partial charge in [0.25, 0.3) is 0 Å². The van der Waals surface area contributed by atoms with E-state index in [1.807, 2.05) is 6.92 Å². The summed E-state index contributed by atoms with van der Waals surface area (Å²) < 4.78 is 10.6. The first kappa shape index (κ1) is 17.0. The molecule has 2 aliphatic rings. The Kier molecular flexibility index (Phi) is 4.63. The number of esters is 1. The van der Waals surface area contributed by atoms with Crippen LogP contribution in [0.15, 0.2) is 12.7 Å². The highest BCUT2D eigenvalue weighted by Crippen LogP contribution is 2.50. The number of allylic oxidation sites excluding steroid dienone is 1. The van der Waals surface area contributed by atoms with E-state index in [1.54, 1.807) is 6.08 Å². The molecule has 0 aliphatic carbocycles. The predicted molar refractivity (Wildman–Crippen MR) is 79.8 cm³/mol. The van der Waals surface area contributed by atoms with E-state index >= 15 is 0 Å². The Balaban J connectivity index is 2.46. The third-order valence-electron chi connectivity index (χ3n) is 4.97. The SMILES string of the molecule is C=CCC1C(=O)N2[C@H](CCCC)OC[C@@]2(C(=O)OC)[C@@]1(C)O. The molecular weight excluding hydrogens is 286 g/mol. The van der Waals surface area contributed by atoms with Gasteiger partial charge in [0, 0.05) is 0 Å². The number of fused-ring (bicyclic) bond motifs is 1. The molecular formula is C16H25NO5. The normalized spacial score (nSPS) is 37.3. The molecule has 2 heterocycles. The van der Waals surface area contributed by atoms with Gasteiger partial charge in [0.2, 0.25) is 5.91 Å². The average molecular weight is 311 g/mol. The van der Waals surface area contributed by atoms with Crippen molar-refractivity contribution in [1.29, 1.82) is 0 Å². The fourth-order valence-electron chi connectivity index (χ4n) is 3.64. The van der Waals surface area contributed by atoms with Gasteiger partial charge in [-0.25, -0.2) is 4.79 Å². The number of hydrogen-bond acceptors (Lipinski definition) is 5. The minimum atomic E-state index is -1.56. The van der Waals surface area contributed by atoms with Crippen LogP contribution >= 0.6 is 0 Å². The van der Waals surface area contributed by atoms with E-state index in [0.29, 0.717) is 12.8 Å². The number of carbonyl (C=O) groups excluding carboxylic acids is 2. The minimum Gasteiger partial charge on any atom is -0.467 e. The second kappa shape index (κ2) is 6.01. The zero-order chi connectivity index (χ0) is 16.5. The molecule has 6 heteroatoms. The maximum atomic E-state index is 12.8. The van der Waals surface area contributed by atoms with Crippen molar-refractivity contribution >= 4 is 11.9 Å². The lowest BCUT2D eigenvalue weighted by atomic mass is 9.75. The van der Waals surface area contributed by atoms with Crippen LogP contribution in [0, 0.1) is 5.92 Å². The zero-order valence-electron chi connectivity index (χ0n) is 13.5. The summed E-state index contributed by atoms with van der Waals surface area (Å²) in [7, 11) is 1.26. The molecule has 1 amide bonds. The summed E-state index contributed by atoms with van der Waals surface area (Å²) in [5.74, 6) is -1.61. The van der Waals surface area contributed by atoms with Crippen molar-refractivity contribution in [3.05, 3.63) is 12.7 Å². The molecule has 0 radical (unpaired) electrons. The Labute approximate surface area is 131 Å². The topological polar surface area (TPSA) is 76.1 Å². The summed E-state index contributed by atoms with van der Waals surface area (Å²) in [6.07, 6.45) is 3.87. The van der Waals surface area contributed by atoms with Gasteiger partial charge in [0.15, 0.2) is 5.54 Å². The number of unbranched alkanes of at least 4 members (excludes halogenated alkanes) is 1. The van der Waals surface area contributed by atoms with E-state index < -0.39 is 29.3 Å². The summed E-state index contributed by atoms with van der Waals surface area (Å²) >= 11 is 0. The van der Waals surface area contributed by atoms with Crippen molar-refractivity contribution in [3.63, 3.8) is 0 Å². The lowest BCUT2D eigenvalue weighted by Gasteiger charge is -2.38. The van der Waals surface area contributed by atoms with Crippen molar-refractivity contribution in [3.8, 4) is 0 Å². The second-order valence-electron chi connectivity index (χ2n) is 6.19. The molecule has 0 aromatic heterocycles. The predicted octanol–water partition coefficient (Wildman–Crippen LogP) is 1.23. The highest BCUT2D eigenvalue weighted by atomic mass is 16.6. The third-order valence-corrected chi connectivity index (χ3v) is 4.97. The first-order valence-corrected chi connectivity index (χ1v) is 7.75. The van der Waals surface area contributed by atoms with Crippen LogP contribution in [0.2, 0.25) is 0 Å². The van der Waals surface area contributed by atoms with E-state index in [2.05, 4.69) is 6.58 Å². The van der Waals surface area contributed by atoms with Gasteiger partial charge in [-0.2, -0.15) is 0 Å². The van der Waals surface area contributed by atoms with Gasteiger partial charge in [0.1, 0.15) is 11.8 Å². The van der Waals surface area contributed by atoms with Gasteiger partial charge < -0.3 is 14.6 Å². The fraction of sp³-hybridized carbons (Fsp3) is 0.750. The molecule has 1 unspecified atom stereocenters. The molecule has 2 aliphatic heterocycles. The molecule has 1 N–H and O–H groups in total. The highest BCUT2D eigenvalue weighted by Gasteiger charge is 2.74. The van der Waals surface area contributed by atoms with E-state index in [1.165, 1.54) is 18.9 Å². The molecule has 6 nitrogen and oxygen atoms in total. The standard InChI is InChI=1S/C16H25NO5/c1-5-7-9-12-17-13(18)11(8-6-2)15(3,20)16(17,10-22-12)14(19)21-4/h6,11-12,20H,2,5,7-10H2,1,3-4H3/t11?,12-,15-,16+/m0/s1. The maximum absolute atomic E-state index is 12.8. The van der Waals surface area contributed by atoms with Gasteiger partial charge in [0.05, 0.1) is 19.6 Å². The number of aliphatic hydroxyl groups is 1. The van der Waals surface area contributed by atoms with E-state index in [9.17, 15) is 14.7 Å². The maximum Gasteiger partial charge on any atom is 0.337 e. The molecule has 0 aromatic rings. The molecule has 0 saturated carbocycles. The highest BCUT2D eigenvalue weighted by molar-refractivity contribution is 5.96. The average Bonchev–Trinajstić information content (AvgIpc) is 2.95. The van der Waals surface area contributed by atoms with Crippen LogP contribution in [0.5, 0.6) is 0 Å². The van der Waals surface area contributed by atoms with Crippen molar-refractivity contribution in [2.75, 3.05) is 13.7 Å². The minimum absolute atomic E-state index is 0.0412. The van der Waals surface area contributed by atoms with E-state index in [-0.39, 0.29) is 12.5 Å². The molecule has 0 aromatic carbocycles. The van der Waals surface area contributed by atoms with Crippen LogP contribution in [0.3, 0.4) is 0 Å². The number of rotatable bonds is 6. The van der Waals surface area contributed by atoms with Crippen LogP contribution in [-0.4, -0.2) is 53.0 Å². The Hall–Kier alpha value is -1.40. The molecule has 124 valence electrons. The van der Waals surface area contributed by atoms with Gasteiger partial charge >= 0.3 is 5.97 Å². The summed E-state index contributed by atoms with van der Waals surface area (Å²) in [5.41, 5.74) is -3.03. The summed E-state index contributed by atoms with van der Waals surface area (Å²) in [4.78, 5) is 26.7. The van der Waals surface area contributed by atoms with Gasteiger partial charge in [-0.3, -0.25) is 9.69 Å². The molecule has 22 heavy (non-hydrogen) atoms. The third kappa shape index (κ3) is 2.08. The Morgan fingerprint density at radius 1 is 1.64 bits per heavy atom. The van der Waals surface area contributed by atoms with Crippen molar-refractivity contribution < 1.29 is 24.2 Å². The van der Waals surface area contributed by atoms with E-state index in [0.717, 1.165) is 12.8 Å². The van der Waals surface area contributed by atoms with Gasteiger partial charge in [-0.05, 0) is 26.2 Å². The van der Waals surface area contributed by atoms with Crippen molar-refractivity contribution in [1.82, 2.24) is 4.90 Å². The van der Waals surface area contributed by atoms with Crippen LogP contribution in [-0.2, 0) is 19.1 Å². The number of methoxy groups -OCH3 is 1. The molecule has 4 atom stereocenters. The zero-order valence-corrected chi connectivity index (χ0v) is 13.5.